The van der Waals surface area contributed by atoms with E-state index in [0.29, 0.717) is 10.9 Å². The number of hydrogen-bond acceptors (Lipinski definition) is 5. The Kier molecular flexibility index (Phi) is 5.19. The second-order valence-corrected chi connectivity index (χ2v) is 6.15. The van der Waals surface area contributed by atoms with Gasteiger partial charge in [-0.1, -0.05) is 27.7 Å². The molecule has 0 bridgehead atoms. The van der Waals surface area contributed by atoms with E-state index in [1.54, 1.807) is 6.21 Å². The van der Waals surface area contributed by atoms with Gasteiger partial charge in [0.25, 0.3) is 0 Å². The molecule has 2 rings (SSSR count). The highest BCUT2D eigenvalue weighted by molar-refractivity contribution is 9.10. The van der Waals surface area contributed by atoms with Crippen LogP contribution in [0.15, 0.2) is 32.9 Å². The van der Waals surface area contributed by atoms with Crippen molar-refractivity contribution in [2.75, 3.05) is 5.75 Å². The van der Waals surface area contributed by atoms with Gasteiger partial charge < -0.3 is 10.1 Å². The molecular formula is C13H14BrN3O2S. The third-order valence-corrected chi connectivity index (χ3v) is 3.86. The molecule has 0 aromatic heterocycles. The van der Waals surface area contributed by atoms with Gasteiger partial charge in [-0.05, 0) is 32.0 Å². The van der Waals surface area contributed by atoms with Crippen molar-refractivity contribution in [1.82, 2.24) is 5.32 Å². The number of nitrogens with one attached hydrogen (secondary N) is 1. The third-order valence-electron chi connectivity index (χ3n) is 2.27. The maximum atomic E-state index is 11.0. The summed E-state index contributed by atoms with van der Waals surface area (Å²) in [5.74, 6) is 1.13. The Morgan fingerprint density at radius 1 is 1.50 bits per heavy atom. The Balaban J connectivity index is 2.10. The van der Waals surface area contributed by atoms with E-state index in [4.69, 9.17) is 4.74 Å². The first-order valence-corrected chi connectivity index (χ1v) is 7.82. The first kappa shape index (κ1) is 15.1. The Morgan fingerprint density at radius 2 is 2.30 bits per heavy atom. The number of hydrogen-bond donors (Lipinski definition) is 1. The number of nitrogens with zero attached hydrogens (tertiary/aromatic N) is 2. The van der Waals surface area contributed by atoms with Gasteiger partial charge in [0, 0.05) is 10.0 Å². The standard InChI is InChI=1S/C13H14BrN3O2S/c1-8(2)19-10-3-4-11(14)9(5-10)6-15-17-13-16-12(18)7-20-13/h3-6,8H,7H2,1-2H3,(H,16,17,18). The van der Waals surface area contributed by atoms with Crippen LogP contribution in [0.3, 0.4) is 0 Å². The highest BCUT2D eigenvalue weighted by Gasteiger charge is 2.15. The molecule has 7 heteroatoms. The van der Waals surface area contributed by atoms with Gasteiger partial charge in [-0.3, -0.25) is 4.79 Å². The molecule has 20 heavy (non-hydrogen) atoms. The third kappa shape index (κ3) is 4.35. The molecule has 1 aromatic carbocycles. The molecule has 1 aromatic rings. The second-order valence-electron chi connectivity index (χ2n) is 4.34. The predicted molar refractivity (Wildman–Crippen MR) is 85.5 cm³/mol. The zero-order chi connectivity index (χ0) is 14.5. The number of halogens is 1. The van der Waals surface area contributed by atoms with E-state index in [-0.39, 0.29) is 12.0 Å². The van der Waals surface area contributed by atoms with Gasteiger partial charge in [-0.15, -0.1) is 5.10 Å². The van der Waals surface area contributed by atoms with Crippen LogP contribution in [0.4, 0.5) is 0 Å². The van der Waals surface area contributed by atoms with Crippen molar-refractivity contribution in [3.8, 4) is 5.75 Å². The molecule has 1 fully saturated rings. The van der Waals surface area contributed by atoms with Crippen LogP contribution in [0.1, 0.15) is 19.4 Å². The lowest BCUT2D eigenvalue weighted by atomic mass is 10.2. The van der Waals surface area contributed by atoms with Crippen molar-refractivity contribution < 1.29 is 9.53 Å². The zero-order valence-corrected chi connectivity index (χ0v) is 13.5. The molecule has 0 saturated carbocycles. The highest BCUT2D eigenvalue weighted by atomic mass is 79.9. The van der Waals surface area contributed by atoms with Crippen LogP contribution in [0.25, 0.3) is 0 Å². The van der Waals surface area contributed by atoms with E-state index in [9.17, 15) is 4.79 Å². The number of carbonyl (C=O) groups is 1. The monoisotopic (exact) mass is 355 g/mol. The van der Waals surface area contributed by atoms with Crippen molar-refractivity contribution in [3.05, 3.63) is 28.2 Å². The lowest BCUT2D eigenvalue weighted by molar-refractivity contribution is -0.116. The van der Waals surface area contributed by atoms with Crippen LogP contribution in [0.5, 0.6) is 5.75 Å². The van der Waals surface area contributed by atoms with Gasteiger partial charge in [0.05, 0.1) is 18.1 Å². The lowest BCUT2D eigenvalue weighted by Gasteiger charge is -2.10. The van der Waals surface area contributed by atoms with Crippen LogP contribution in [-0.4, -0.2) is 29.1 Å². The molecule has 1 saturated heterocycles. The number of amides is 1. The van der Waals surface area contributed by atoms with Crippen molar-refractivity contribution in [1.29, 1.82) is 0 Å². The molecule has 0 atom stereocenters. The number of amidine groups is 1. The molecular weight excluding hydrogens is 342 g/mol. The molecule has 0 radical (unpaired) electrons. The second kappa shape index (κ2) is 6.90. The van der Waals surface area contributed by atoms with Gasteiger partial charge in [-0.2, -0.15) is 5.10 Å². The highest BCUT2D eigenvalue weighted by Crippen LogP contribution is 2.22. The summed E-state index contributed by atoms with van der Waals surface area (Å²) >= 11 is 4.79. The van der Waals surface area contributed by atoms with E-state index < -0.39 is 0 Å². The molecule has 0 unspecified atom stereocenters. The summed E-state index contributed by atoms with van der Waals surface area (Å²) < 4.78 is 6.53. The van der Waals surface area contributed by atoms with E-state index in [1.807, 2.05) is 32.0 Å². The first-order valence-electron chi connectivity index (χ1n) is 6.04. The Labute approximate surface area is 130 Å². The summed E-state index contributed by atoms with van der Waals surface area (Å²) in [6, 6.07) is 5.67. The molecule has 5 nitrogen and oxygen atoms in total. The average Bonchev–Trinajstić information content (AvgIpc) is 2.78. The molecule has 106 valence electrons. The number of ether oxygens (including phenoxy) is 1. The average molecular weight is 356 g/mol. The van der Waals surface area contributed by atoms with Crippen molar-refractivity contribution in [2.24, 2.45) is 10.2 Å². The lowest BCUT2D eigenvalue weighted by Crippen LogP contribution is -2.19. The Morgan fingerprint density at radius 3 is 2.95 bits per heavy atom. The van der Waals surface area contributed by atoms with Gasteiger partial charge in [0.1, 0.15) is 5.75 Å². The molecule has 0 spiro atoms. The van der Waals surface area contributed by atoms with Crippen molar-refractivity contribution in [3.63, 3.8) is 0 Å². The fourth-order valence-corrected chi connectivity index (χ4v) is 2.47. The van der Waals surface area contributed by atoms with Gasteiger partial charge >= 0.3 is 0 Å². The van der Waals surface area contributed by atoms with Crippen LogP contribution in [0, 0.1) is 0 Å². The fourth-order valence-electron chi connectivity index (χ4n) is 1.49. The van der Waals surface area contributed by atoms with Crippen molar-refractivity contribution >= 4 is 45.0 Å². The molecule has 0 aliphatic carbocycles. The molecule has 1 aliphatic heterocycles. The molecule has 1 heterocycles. The topological polar surface area (TPSA) is 63.1 Å². The van der Waals surface area contributed by atoms with Gasteiger partial charge in [-0.25, -0.2) is 0 Å². The molecule has 1 aliphatic rings. The fraction of sp³-hybridized carbons (Fsp3) is 0.308. The predicted octanol–water partition coefficient (Wildman–Crippen LogP) is 2.79. The van der Waals surface area contributed by atoms with Crippen LogP contribution >= 0.6 is 27.7 Å². The summed E-state index contributed by atoms with van der Waals surface area (Å²) in [6.07, 6.45) is 1.74. The largest absolute Gasteiger partial charge is 0.491 e. The van der Waals surface area contributed by atoms with Crippen LogP contribution < -0.4 is 10.1 Å². The SMILES string of the molecule is CC(C)Oc1ccc(Br)c(C=NN=C2NC(=O)CS2)c1. The zero-order valence-electron chi connectivity index (χ0n) is 11.1. The van der Waals surface area contributed by atoms with Crippen LogP contribution in [0.2, 0.25) is 0 Å². The normalized spacial score (nSPS) is 17.2. The van der Waals surface area contributed by atoms with E-state index in [1.165, 1.54) is 11.8 Å². The molecule has 1 N–H and O–H groups in total. The van der Waals surface area contributed by atoms with Gasteiger partial charge in [0.15, 0.2) is 5.17 Å². The minimum atomic E-state index is -0.0440. The summed E-state index contributed by atoms with van der Waals surface area (Å²) in [5, 5.41) is 11.1. The summed E-state index contributed by atoms with van der Waals surface area (Å²) in [4.78, 5) is 11.0. The number of benzene rings is 1. The van der Waals surface area contributed by atoms with E-state index in [2.05, 4.69) is 31.4 Å². The Bertz CT molecular complexity index is 573. The van der Waals surface area contributed by atoms with Gasteiger partial charge in [0.2, 0.25) is 5.91 Å². The Hall–Kier alpha value is -1.34. The summed E-state index contributed by atoms with van der Waals surface area (Å²) in [7, 11) is 0. The maximum absolute atomic E-state index is 11.0. The van der Waals surface area contributed by atoms with Crippen LogP contribution in [-0.2, 0) is 4.79 Å². The maximum Gasteiger partial charge on any atom is 0.236 e. The first-order chi connectivity index (χ1) is 9.54. The smallest absolute Gasteiger partial charge is 0.236 e. The number of carbonyl (C=O) groups excluding carboxylic acids is 1. The minimum Gasteiger partial charge on any atom is -0.491 e. The van der Waals surface area contributed by atoms with E-state index in [0.717, 1.165) is 15.8 Å². The minimum absolute atomic E-state index is 0.0440. The quantitative estimate of drug-likeness (QED) is 0.667. The number of rotatable bonds is 4. The molecule has 1 amide bonds. The van der Waals surface area contributed by atoms with E-state index >= 15 is 0 Å². The summed E-state index contributed by atoms with van der Waals surface area (Å²) in [5.41, 5.74) is 0.863. The number of thioether (sulfide) groups is 1. The van der Waals surface area contributed by atoms with Crippen molar-refractivity contribution in [2.45, 2.75) is 20.0 Å². The summed E-state index contributed by atoms with van der Waals surface area (Å²) in [6.45, 7) is 3.95.